The van der Waals surface area contributed by atoms with Gasteiger partial charge in [-0.25, -0.2) is 4.79 Å². The molecular formula is C16H24N2O3. The maximum Gasteiger partial charge on any atom is 0.339 e. The fourth-order valence-corrected chi connectivity index (χ4v) is 2.76. The van der Waals surface area contributed by atoms with Crippen molar-refractivity contribution in [3.8, 4) is 5.75 Å². The highest BCUT2D eigenvalue weighted by atomic mass is 16.5. The highest BCUT2D eigenvalue weighted by Gasteiger charge is 2.17. The van der Waals surface area contributed by atoms with Crippen LogP contribution in [0.15, 0.2) is 18.2 Å². The Morgan fingerprint density at radius 3 is 2.48 bits per heavy atom. The minimum Gasteiger partial charge on any atom is -0.496 e. The number of carbonyl (C=O) groups is 1. The van der Waals surface area contributed by atoms with Crippen LogP contribution in [-0.2, 0) is 6.54 Å². The van der Waals surface area contributed by atoms with Crippen LogP contribution in [0.5, 0.6) is 5.75 Å². The van der Waals surface area contributed by atoms with Crippen LogP contribution in [0.4, 0.5) is 0 Å². The highest BCUT2D eigenvalue weighted by molar-refractivity contribution is 5.90. The summed E-state index contributed by atoms with van der Waals surface area (Å²) in [6, 6.07) is 5.34. The fraction of sp³-hybridized carbons (Fsp3) is 0.562. The van der Waals surface area contributed by atoms with Crippen LogP contribution in [-0.4, -0.2) is 60.7 Å². The van der Waals surface area contributed by atoms with Crippen LogP contribution in [0.1, 0.15) is 29.3 Å². The van der Waals surface area contributed by atoms with E-state index in [2.05, 4.69) is 16.7 Å². The van der Waals surface area contributed by atoms with E-state index in [1.54, 1.807) is 6.07 Å². The molecule has 1 aromatic carbocycles. The van der Waals surface area contributed by atoms with Crippen molar-refractivity contribution in [1.82, 2.24) is 9.80 Å². The largest absolute Gasteiger partial charge is 0.496 e. The molecule has 0 unspecified atom stereocenters. The van der Waals surface area contributed by atoms with Crippen molar-refractivity contribution in [2.75, 3.05) is 39.8 Å². The molecule has 116 valence electrons. The predicted molar refractivity (Wildman–Crippen MR) is 82.0 cm³/mol. The summed E-state index contributed by atoms with van der Waals surface area (Å²) in [6.07, 6.45) is 1.20. The molecule has 5 heteroatoms. The topological polar surface area (TPSA) is 53.0 Å². The zero-order valence-electron chi connectivity index (χ0n) is 12.8. The van der Waals surface area contributed by atoms with Gasteiger partial charge in [-0.2, -0.15) is 0 Å². The van der Waals surface area contributed by atoms with Crippen molar-refractivity contribution in [2.45, 2.75) is 19.9 Å². The molecule has 1 saturated heterocycles. The molecule has 0 bridgehead atoms. The number of rotatable bonds is 6. The van der Waals surface area contributed by atoms with E-state index in [-0.39, 0.29) is 5.56 Å². The summed E-state index contributed by atoms with van der Waals surface area (Å²) in [4.78, 5) is 16.0. The molecule has 0 aliphatic carbocycles. The van der Waals surface area contributed by atoms with Crippen LogP contribution in [0, 0.1) is 0 Å². The Balaban J connectivity index is 1.96. The van der Waals surface area contributed by atoms with E-state index in [1.165, 1.54) is 20.1 Å². The highest BCUT2D eigenvalue weighted by Crippen LogP contribution is 2.21. The van der Waals surface area contributed by atoms with Gasteiger partial charge in [-0.15, -0.1) is 0 Å². The third kappa shape index (κ3) is 4.19. The van der Waals surface area contributed by atoms with Gasteiger partial charge in [0.1, 0.15) is 11.3 Å². The number of piperazine rings is 1. The van der Waals surface area contributed by atoms with Gasteiger partial charge in [0.2, 0.25) is 0 Å². The smallest absolute Gasteiger partial charge is 0.339 e. The molecule has 0 amide bonds. The molecule has 1 aliphatic rings. The summed E-state index contributed by atoms with van der Waals surface area (Å²) >= 11 is 0. The maximum atomic E-state index is 11.1. The van der Waals surface area contributed by atoms with E-state index in [0.29, 0.717) is 5.75 Å². The average Bonchev–Trinajstić information content (AvgIpc) is 2.49. The van der Waals surface area contributed by atoms with Crippen molar-refractivity contribution < 1.29 is 14.6 Å². The molecule has 0 radical (unpaired) electrons. The lowest BCUT2D eigenvalue weighted by atomic mass is 10.1. The van der Waals surface area contributed by atoms with Crippen LogP contribution < -0.4 is 4.74 Å². The van der Waals surface area contributed by atoms with Crippen LogP contribution in [0.25, 0.3) is 0 Å². The monoisotopic (exact) mass is 292 g/mol. The van der Waals surface area contributed by atoms with E-state index in [0.717, 1.165) is 38.3 Å². The van der Waals surface area contributed by atoms with E-state index in [4.69, 9.17) is 9.84 Å². The lowest BCUT2D eigenvalue weighted by molar-refractivity contribution is 0.0693. The van der Waals surface area contributed by atoms with E-state index in [1.807, 2.05) is 12.1 Å². The molecule has 1 heterocycles. The molecule has 0 atom stereocenters. The number of hydrogen-bond donors (Lipinski definition) is 1. The van der Waals surface area contributed by atoms with E-state index < -0.39 is 5.97 Å². The third-order valence-electron chi connectivity index (χ3n) is 3.91. The fourth-order valence-electron chi connectivity index (χ4n) is 2.76. The van der Waals surface area contributed by atoms with Crippen LogP contribution in [0.2, 0.25) is 0 Å². The Morgan fingerprint density at radius 2 is 1.90 bits per heavy atom. The normalized spacial score (nSPS) is 16.9. The summed E-state index contributed by atoms with van der Waals surface area (Å²) in [6.45, 7) is 8.57. The summed E-state index contributed by atoms with van der Waals surface area (Å²) < 4.78 is 5.18. The molecule has 0 spiro atoms. The first-order chi connectivity index (χ1) is 10.1. The van der Waals surface area contributed by atoms with Crippen molar-refractivity contribution in [1.29, 1.82) is 0 Å². The van der Waals surface area contributed by atoms with Gasteiger partial charge in [0.05, 0.1) is 7.11 Å². The summed E-state index contributed by atoms with van der Waals surface area (Å²) in [7, 11) is 1.51. The second-order valence-corrected chi connectivity index (χ2v) is 5.46. The van der Waals surface area contributed by atoms with Gasteiger partial charge >= 0.3 is 5.97 Å². The summed E-state index contributed by atoms with van der Waals surface area (Å²) in [5.41, 5.74) is 1.31. The molecule has 1 fully saturated rings. The molecule has 0 saturated carbocycles. The average molecular weight is 292 g/mol. The molecule has 2 rings (SSSR count). The van der Waals surface area contributed by atoms with Crippen LogP contribution in [0.3, 0.4) is 0 Å². The molecule has 1 aromatic rings. The minimum absolute atomic E-state index is 0.217. The first kappa shape index (κ1) is 15.8. The minimum atomic E-state index is -0.952. The quantitative estimate of drug-likeness (QED) is 0.868. The van der Waals surface area contributed by atoms with Gasteiger partial charge in [-0.05, 0) is 30.7 Å². The number of carboxylic acids is 1. The molecule has 5 nitrogen and oxygen atoms in total. The van der Waals surface area contributed by atoms with E-state index >= 15 is 0 Å². The van der Waals surface area contributed by atoms with Crippen molar-refractivity contribution in [3.63, 3.8) is 0 Å². The van der Waals surface area contributed by atoms with Gasteiger partial charge in [-0.1, -0.05) is 13.0 Å². The Labute approximate surface area is 126 Å². The van der Waals surface area contributed by atoms with Crippen LogP contribution >= 0.6 is 0 Å². The number of methoxy groups -OCH3 is 1. The summed E-state index contributed by atoms with van der Waals surface area (Å²) in [5, 5.41) is 9.09. The second-order valence-electron chi connectivity index (χ2n) is 5.46. The standard InChI is InChI=1S/C16H24N2O3/c1-3-6-17-7-9-18(10-8-17)12-13-4-5-14(16(19)20)15(11-13)21-2/h4-5,11H,3,6-10,12H2,1-2H3,(H,19,20). The molecular weight excluding hydrogens is 268 g/mol. The number of benzene rings is 1. The first-order valence-corrected chi connectivity index (χ1v) is 7.49. The van der Waals surface area contributed by atoms with Gasteiger partial charge < -0.3 is 14.7 Å². The Kier molecular flexibility index (Phi) is 5.59. The van der Waals surface area contributed by atoms with Crippen molar-refractivity contribution in [2.24, 2.45) is 0 Å². The number of nitrogens with zero attached hydrogens (tertiary/aromatic N) is 2. The lowest BCUT2D eigenvalue weighted by Gasteiger charge is -2.34. The second kappa shape index (κ2) is 7.43. The van der Waals surface area contributed by atoms with Gasteiger partial charge in [0.15, 0.2) is 0 Å². The number of hydrogen-bond acceptors (Lipinski definition) is 4. The SMILES string of the molecule is CCCN1CCN(Cc2ccc(C(=O)O)c(OC)c2)CC1. The third-order valence-corrected chi connectivity index (χ3v) is 3.91. The molecule has 21 heavy (non-hydrogen) atoms. The van der Waals surface area contributed by atoms with Crippen molar-refractivity contribution in [3.05, 3.63) is 29.3 Å². The number of aromatic carboxylic acids is 1. The van der Waals surface area contributed by atoms with E-state index in [9.17, 15) is 4.79 Å². The Hall–Kier alpha value is -1.59. The predicted octanol–water partition coefficient (Wildman–Crippen LogP) is 1.92. The Bertz CT molecular complexity index is 482. The molecule has 0 aromatic heterocycles. The van der Waals surface area contributed by atoms with Gasteiger partial charge in [0.25, 0.3) is 0 Å². The number of ether oxygens (including phenoxy) is 1. The summed E-state index contributed by atoms with van der Waals surface area (Å²) in [5.74, 6) is -0.517. The molecule has 1 aliphatic heterocycles. The van der Waals surface area contributed by atoms with Gasteiger partial charge in [0, 0.05) is 32.7 Å². The lowest BCUT2D eigenvalue weighted by Crippen LogP contribution is -2.45. The van der Waals surface area contributed by atoms with Gasteiger partial charge in [-0.3, -0.25) is 4.90 Å². The maximum absolute atomic E-state index is 11.1. The zero-order valence-corrected chi connectivity index (χ0v) is 12.8. The number of carboxylic acid groups (broad SMARTS) is 1. The zero-order chi connectivity index (χ0) is 15.2. The molecule has 1 N–H and O–H groups in total. The Morgan fingerprint density at radius 1 is 1.24 bits per heavy atom. The van der Waals surface area contributed by atoms with Crippen molar-refractivity contribution >= 4 is 5.97 Å². The first-order valence-electron chi connectivity index (χ1n) is 7.49.